The summed E-state index contributed by atoms with van der Waals surface area (Å²) in [5.41, 5.74) is 33.2. The largest absolute Gasteiger partial charge is 0.458 e. The van der Waals surface area contributed by atoms with Crippen LogP contribution < -0.4 is 26.0 Å². The summed E-state index contributed by atoms with van der Waals surface area (Å²) in [5.74, 6) is 1.67. The van der Waals surface area contributed by atoms with E-state index >= 15 is 0 Å². The van der Waals surface area contributed by atoms with Gasteiger partial charge in [0.15, 0.2) is 0 Å². The molecule has 1 aliphatic carbocycles. The van der Waals surface area contributed by atoms with Gasteiger partial charge < -0.3 is 18.8 Å². The molecular weight excluding hydrogens is 1330 g/mol. The van der Waals surface area contributed by atoms with Gasteiger partial charge in [-0.15, -0.1) is 0 Å². The zero-order chi connectivity index (χ0) is 75.9. The molecule has 14 aromatic carbocycles. The van der Waals surface area contributed by atoms with Crippen molar-refractivity contribution in [2.45, 2.75) is 136 Å². The molecule has 0 N–H and O–H groups in total. The van der Waals surface area contributed by atoms with Gasteiger partial charge in [-0.3, -0.25) is 0 Å². The second-order valence-corrected chi connectivity index (χ2v) is 36.5. The van der Waals surface area contributed by atoms with Gasteiger partial charge in [0.2, 0.25) is 0 Å². The molecule has 0 amide bonds. The standard InChI is InChI=1S/C105H94BN3O/c1-100(2,3)70-44-50-89-82(56-70)83-57-71(101(4,5)6)45-51-90(83)107(89)75-48-49-87-93(62-75)109(99-80(65-31-20-16-21-32-65)60-74(104(13,14)15)61-81(99)66-33-22-17-23-34-66)94-63-76(108-91-52-46-72(102(7,8)9)58-84(91)85-59-73(103(10,11)12)47-53-92(85)108)64-96-98(94)106(87)88-55-67(43-54-95(88)110-96)77-40-30-41-79-78-39-28-29-42-86(78)105(97(77)79,68-35-24-18-25-36-68)69-37-26-19-27-38-69/h16-64H,1-15H3. The average molecular weight is 1420 g/mol. The molecule has 4 nitrogen and oxygen atoms in total. The second kappa shape index (κ2) is 24.7. The van der Waals surface area contributed by atoms with Crippen LogP contribution in [0.5, 0.6) is 11.5 Å². The molecule has 19 rings (SSSR count). The third kappa shape index (κ3) is 10.8. The Kier molecular flexibility index (Phi) is 15.4. The molecule has 0 unspecified atom stereocenters. The summed E-state index contributed by atoms with van der Waals surface area (Å²) in [6.07, 6.45) is 0. The number of aromatic nitrogens is 2. The van der Waals surface area contributed by atoms with Crippen molar-refractivity contribution in [3.8, 4) is 67.4 Å². The van der Waals surface area contributed by atoms with Crippen LogP contribution in [0.1, 0.15) is 154 Å². The van der Waals surface area contributed by atoms with Gasteiger partial charge >= 0.3 is 0 Å². The van der Waals surface area contributed by atoms with Gasteiger partial charge in [0, 0.05) is 55.8 Å². The number of rotatable bonds is 8. The zero-order valence-electron chi connectivity index (χ0n) is 66.1. The molecule has 0 atom stereocenters. The van der Waals surface area contributed by atoms with Gasteiger partial charge in [0.1, 0.15) is 11.5 Å². The summed E-state index contributed by atoms with van der Waals surface area (Å²) >= 11 is 0. The fourth-order valence-electron chi connectivity index (χ4n) is 18.6. The zero-order valence-corrected chi connectivity index (χ0v) is 66.1. The molecule has 0 saturated carbocycles. The molecule has 0 spiro atoms. The van der Waals surface area contributed by atoms with Crippen LogP contribution in [-0.4, -0.2) is 15.8 Å². The molecule has 16 aromatic rings. The summed E-state index contributed by atoms with van der Waals surface area (Å²) < 4.78 is 13.0. The van der Waals surface area contributed by atoms with Gasteiger partial charge in [-0.1, -0.05) is 310 Å². The number of hydrogen-bond acceptors (Lipinski definition) is 2. The molecule has 538 valence electrons. The van der Waals surface area contributed by atoms with Gasteiger partial charge in [-0.2, -0.15) is 0 Å². The van der Waals surface area contributed by atoms with Gasteiger partial charge in [-0.05, 0) is 212 Å². The van der Waals surface area contributed by atoms with E-state index in [2.05, 4.69) is 415 Å². The van der Waals surface area contributed by atoms with E-state index in [0.717, 1.165) is 89.7 Å². The Hall–Kier alpha value is -11.7. The Morgan fingerprint density at radius 1 is 0.291 bits per heavy atom. The minimum absolute atomic E-state index is 0.0700. The second-order valence-electron chi connectivity index (χ2n) is 36.5. The van der Waals surface area contributed by atoms with E-state index in [1.165, 1.54) is 105 Å². The Morgan fingerprint density at radius 3 is 1.20 bits per heavy atom. The number of ether oxygens (including phenoxy) is 1. The van der Waals surface area contributed by atoms with Crippen molar-refractivity contribution in [2.75, 3.05) is 4.90 Å². The molecule has 3 aliphatic rings. The Balaban J connectivity index is 0.957. The van der Waals surface area contributed by atoms with Crippen molar-refractivity contribution >= 4 is 83.8 Å². The summed E-state index contributed by atoms with van der Waals surface area (Å²) in [7, 11) is 0. The minimum Gasteiger partial charge on any atom is -0.458 e. The highest BCUT2D eigenvalue weighted by atomic mass is 16.5. The van der Waals surface area contributed by atoms with Crippen molar-refractivity contribution in [2.24, 2.45) is 0 Å². The molecule has 110 heavy (non-hydrogen) atoms. The summed E-state index contributed by atoms with van der Waals surface area (Å²) in [6, 6.07) is 114. The predicted octanol–water partition coefficient (Wildman–Crippen LogP) is 26.1. The van der Waals surface area contributed by atoms with E-state index in [9.17, 15) is 0 Å². The maximum absolute atomic E-state index is 7.92. The monoisotopic (exact) mass is 1420 g/mol. The Morgan fingerprint density at radius 2 is 0.718 bits per heavy atom. The SMILES string of the molecule is CC(C)(C)c1cc(-c2ccccc2)c(N2c3cc(-n4c5ccc(C(C)(C)C)cc5c5cc(C(C)(C)C)ccc54)ccc3B3c4cc(-c5cccc6c5C(c5ccccc5)(c5ccccc5)c5ccccc5-6)ccc4Oc4cc(-n5c6ccc(C(C)(C)C)cc6c6cc(C(C)(C)C)ccc65)cc2c43)c(-c2ccccc2)c1. The van der Waals surface area contributed by atoms with Crippen LogP contribution >= 0.6 is 0 Å². The van der Waals surface area contributed by atoms with Crippen molar-refractivity contribution in [1.82, 2.24) is 9.13 Å². The first-order valence-corrected chi connectivity index (χ1v) is 39.5. The third-order valence-corrected chi connectivity index (χ3v) is 24.4. The molecule has 0 saturated heterocycles. The van der Waals surface area contributed by atoms with Crippen LogP contribution in [-0.2, 0) is 32.5 Å². The third-order valence-electron chi connectivity index (χ3n) is 24.4. The smallest absolute Gasteiger partial charge is 0.256 e. The van der Waals surface area contributed by atoms with Gasteiger partial charge in [0.05, 0.1) is 38.9 Å². The molecule has 2 aliphatic heterocycles. The van der Waals surface area contributed by atoms with Gasteiger partial charge in [0.25, 0.3) is 6.71 Å². The molecule has 0 bridgehead atoms. The van der Waals surface area contributed by atoms with Crippen LogP contribution in [0, 0.1) is 0 Å². The molecule has 5 heteroatoms. The van der Waals surface area contributed by atoms with Crippen molar-refractivity contribution < 1.29 is 4.74 Å². The van der Waals surface area contributed by atoms with Crippen LogP contribution in [0.2, 0.25) is 0 Å². The van der Waals surface area contributed by atoms with E-state index < -0.39 is 5.41 Å². The first kappa shape index (κ1) is 68.8. The molecule has 0 fully saturated rings. The predicted molar refractivity (Wildman–Crippen MR) is 468 cm³/mol. The van der Waals surface area contributed by atoms with Crippen molar-refractivity contribution in [3.05, 3.63) is 347 Å². The lowest BCUT2D eigenvalue weighted by atomic mass is 9.34. The molecule has 4 heterocycles. The number of nitrogens with zero attached hydrogens (tertiary/aromatic N) is 3. The van der Waals surface area contributed by atoms with E-state index in [1.54, 1.807) is 0 Å². The van der Waals surface area contributed by atoms with Crippen molar-refractivity contribution in [1.29, 1.82) is 0 Å². The first-order valence-electron chi connectivity index (χ1n) is 39.5. The highest BCUT2D eigenvalue weighted by Crippen LogP contribution is 2.60. The molecule has 2 aromatic heterocycles. The van der Waals surface area contributed by atoms with Gasteiger partial charge in [-0.25, -0.2) is 0 Å². The fraction of sp³-hybridized carbons (Fsp3) is 0.200. The number of benzene rings is 14. The maximum Gasteiger partial charge on any atom is 0.256 e. The Bertz CT molecular complexity index is 6190. The number of hydrogen-bond donors (Lipinski definition) is 0. The van der Waals surface area contributed by atoms with Crippen molar-refractivity contribution in [3.63, 3.8) is 0 Å². The fourth-order valence-corrected chi connectivity index (χ4v) is 18.6. The lowest BCUT2D eigenvalue weighted by Gasteiger charge is -2.42. The topological polar surface area (TPSA) is 22.3 Å². The van der Waals surface area contributed by atoms with E-state index in [1.807, 2.05) is 0 Å². The van der Waals surface area contributed by atoms with E-state index in [0.29, 0.717) is 0 Å². The quantitative estimate of drug-likeness (QED) is 0.142. The molecule has 0 radical (unpaired) electrons. The van der Waals surface area contributed by atoms with Crippen LogP contribution in [0.3, 0.4) is 0 Å². The average Bonchev–Trinajstić information content (AvgIpc) is 1.35. The lowest BCUT2D eigenvalue weighted by Crippen LogP contribution is -2.59. The minimum atomic E-state index is -0.637. The number of anilines is 3. The van der Waals surface area contributed by atoms with E-state index in [-0.39, 0.29) is 33.8 Å². The highest BCUT2D eigenvalue weighted by molar-refractivity contribution is 6.99. The van der Waals surface area contributed by atoms with Crippen LogP contribution in [0.25, 0.3) is 99.5 Å². The summed E-state index contributed by atoms with van der Waals surface area (Å²) in [4.78, 5) is 2.69. The molecular formula is C105H94BN3O. The maximum atomic E-state index is 7.92. The number of fused-ring (bicyclic) bond motifs is 13. The first-order chi connectivity index (χ1) is 52.7. The van der Waals surface area contributed by atoms with E-state index in [4.69, 9.17) is 4.74 Å². The van der Waals surface area contributed by atoms with Crippen LogP contribution in [0.15, 0.2) is 297 Å². The normalized spacial score (nSPS) is 13.9. The van der Waals surface area contributed by atoms with Crippen LogP contribution in [0.4, 0.5) is 17.1 Å². The Labute approximate surface area is 649 Å². The summed E-state index contributed by atoms with van der Waals surface area (Å²) in [6.45, 7) is 34.7. The lowest BCUT2D eigenvalue weighted by molar-refractivity contribution is 0.487. The highest BCUT2D eigenvalue weighted by Gasteiger charge is 2.49. The summed E-state index contributed by atoms with van der Waals surface area (Å²) in [5, 5.41) is 4.98.